The zero-order chi connectivity index (χ0) is 17.4. The maximum atomic E-state index is 12.8. The molecule has 24 heavy (non-hydrogen) atoms. The van der Waals surface area contributed by atoms with Gasteiger partial charge in [-0.1, -0.05) is 12.1 Å². The Morgan fingerprint density at radius 3 is 2.46 bits per heavy atom. The van der Waals surface area contributed by atoms with Gasteiger partial charge in [-0.3, -0.25) is 4.79 Å². The lowest BCUT2D eigenvalue weighted by Gasteiger charge is -2.10. The summed E-state index contributed by atoms with van der Waals surface area (Å²) in [5.74, 6) is 1.20. The van der Waals surface area contributed by atoms with Crippen molar-refractivity contribution in [2.45, 2.75) is 19.3 Å². The van der Waals surface area contributed by atoms with E-state index in [4.69, 9.17) is 9.47 Å². The molecule has 1 amide bonds. The molecule has 0 aliphatic heterocycles. The largest absolute Gasteiger partial charge is 0.497 e. The second-order valence-electron chi connectivity index (χ2n) is 5.40. The molecular formula is C19H22FNO3. The average Bonchev–Trinajstić information content (AvgIpc) is 2.61. The zero-order valence-electron chi connectivity index (χ0n) is 14.0. The maximum Gasteiger partial charge on any atom is 0.220 e. The highest BCUT2D eigenvalue weighted by Gasteiger charge is 2.08. The lowest BCUT2D eigenvalue weighted by atomic mass is 10.1. The molecule has 0 saturated carbocycles. The number of hydrogen-bond acceptors (Lipinski definition) is 3. The van der Waals surface area contributed by atoms with Crippen LogP contribution in [0.3, 0.4) is 0 Å². The van der Waals surface area contributed by atoms with Crippen molar-refractivity contribution in [2.75, 3.05) is 20.8 Å². The summed E-state index contributed by atoms with van der Waals surface area (Å²) in [6.07, 6.45) is 1.62. The molecular weight excluding hydrogens is 309 g/mol. The van der Waals surface area contributed by atoms with Gasteiger partial charge >= 0.3 is 0 Å². The van der Waals surface area contributed by atoms with Crippen LogP contribution < -0.4 is 14.8 Å². The predicted molar refractivity (Wildman–Crippen MR) is 91.0 cm³/mol. The van der Waals surface area contributed by atoms with Crippen molar-refractivity contribution in [3.05, 3.63) is 59.4 Å². The van der Waals surface area contributed by atoms with Crippen molar-refractivity contribution in [2.24, 2.45) is 0 Å². The number of ether oxygens (including phenoxy) is 2. The van der Waals surface area contributed by atoms with Crippen molar-refractivity contribution in [3.63, 3.8) is 0 Å². The lowest BCUT2D eigenvalue weighted by molar-refractivity contribution is -0.121. The third-order valence-electron chi connectivity index (χ3n) is 3.76. The number of halogens is 1. The molecule has 5 heteroatoms. The lowest BCUT2D eigenvalue weighted by Crippen LogP contribution is -2.25. The van der Waals surface area contributed by atoms with E-state index < -0.39 is 0 Å². The van der Waals surface area contributed by atoms with Crippen LogP contribution in [0.2, 0.25) is 0 Å². The van der Waals surface area contributed by atoms with E-state index in [0.29, 0.717) is 25.8 Å². The number of rotatable bonds is 8. The number of amides is 1. The standard InChI is InChI=1S/C19H22FNO3/c1-23-17-8-9-18(24-2)15(13-17)5-10-19(22)21-12-11-14-3-6-16(20)7-4-14/h3-4,6-9,13H,5,10-12H2,1-2H3,(H,21,22). The van der Waals surface area contributed by atoms with E-state index in [1.165, 1.54) is 12.1 Å². The number of aryl methyl sites for hydroxylation is 1. The fraction of sp³-hybridized carbons (Fsp3) is 0.316. The van der Waals surface area contributed by atoms with Gasteiger partial charge in [-0.15, -0.1) is 0 Å². The Morgan fingerprint density at radius 2 is 1.79 bits per heavy atom. The van der Waals surface area contributed by atoms with Gasteiger partial charge in [0.2, 0.25) is 5.91 Å². The minimum atomic E-state index is -0.255. The van der Waals surface area contributed by atoms with Crippen molar-refractivity contribution in [1.29, 1.82) is 0 Å². The van der Waals surface area contributed by atoms with Gasteiger partial charge in [-0.2, -0.15) is 0 Å². The second kappa shape index (κ2) is 8.91. The van der Waals surface area contributed by atoms with Crippen LogP contribution in [0.25, 0.3) is 0 Å². The Morgan fingerprint density at radius 1 is 1.04 bits per heavy atom. The van der Waals surface area contributed by atoms with E-state index >= 15 is 0 Å². The third kappa shape index (κ3) is 5.26. The van der Waals surface area contributed by atoms with Crippen molar-refractivity contribution in [1.82, 2.24) is 5.32 Å². The molecule has 0 aromatic heterocycles. The number of benzene rings is 2. The molecule has 0 radical (unpaired) electrons. The summed E-state index contributed by atoms with van der Waals surface area (Å²) in [4.78, 5) is 12.0. The molecule has 2 aromatic rings. The van der Waals surface area contributed by atoms with Crippen LogP contribution in [0.5, 0.6) is 11.5 Å². The van der Waals surface area contributed by atoms with E-state index in [-0.39, 0.29) is 11.7 Å². The van der Waals surface area contributed by atoms with E-state index in [9.17, 15) is 9.18 Å². The number of carbonyl (C=O) groups is 1. The number of methoxy groups -OCH3 is 2. The van der Waals surface area contributed by atoms with Crippen molar-refractivity contribution in [3.8, 4) is 11.5 Å². The normalized spacial score (nSPS) is 10.3. The van der Waals surface area contributed by atoms with Gasteiger partial charge in [0, 0.05) is 13.0 Å². The maximum absolute atomic E-state index is 12.8. The molecule has 128 valence electrons. The van der Waals surface area contributed by atoms with Crippen LogP contribution in [0, 0.1) is 5.82 Å². The number of hydrogen-bond donors (Lipinski definition) is 1. The molecule has 0 spiro atoms. The first kappa shape index (κ1) is 17.8. The second-order valence-corrected chi connectivity index (χ2v) is 5.40. The van der Waals surface area contributed by atoms with E-state index in [2.05, 4.69) is 5.32 Å². The smallest absolute Gasteiger partial charge is 0.220 e. The Hall–Kier alpha value is -2.56. The Labute approximate surface area is 141 Å². The van der Waals surface area contributed by atoms with E-state index in [1.807, 2.05) is 18.2 Å². The van der Waals surface area contributed by atoms with Crippen LogP contribution in [0.1, 0.15) is 17.5 Å². The highest BCUT2D eigenvalue weighted by Crippen LogP contribution is 2.25. The van der Waals surface area contributed by atoms with Crippen LogP contribution in [-0.2, 0) is 17.6 Å². The molecule has 0 fully saturated rings. The highest BCUT2D eigenvalue weighted by atomic mass is 19.1. The highest BCUT2D eigenvalue weighted by molar-refractivity contribution is 5.76. The van der Waals surface area contributed by atoms with Crippen LogP contribution >= 0.6 is 0 Å². The summed E-state index contributed by atoms with van der Waals surface area (Å²) < 4.78 is 23.3. The first-order chi connectivity index (χ1) is 11.6. The first-order valence-electron chi connectivity index (χ1n) is 7.84. The fourth-order valence-electron chi connectivity index (χ4n) is 2.41. The van der Waals surface area contributed by atoms with E-state index in [0.717, 1.165) is 22.6 Å². The average molecular weight is 331 g/mol. The number of nitrogens with one attached hydrogen (secondary N) is 1. The van der Waals surface area contributed by atoms with Gasteiger partial charge in [0.25, 0.3) is 0 Å². The summed E-state index contributed by atoms with van der Waals surface area (Å²) >= 11 is 0. The molecule has 0 bridgehead atoms. The van der Waals surface area contributed by atoms with Gasteiger partial charge in [0.1, 0.15) is 17.3 Å². The summed E-state index contributed by atoms with van der Waals surface area (Å²) in [6, 6.07) is 11.8. The molecule has 2 aromatic carbocycles. The van der Waals surface area contributed by atoms with Gasteiger partial charge in [0.15, 0.2) is 0 Å². The molecule has 4 nitrogen and oxygen atoms in total. The van der Waals surface area contributed by atoms with Gasteiger partial charge in [-0.05, 0) is 54.3 Å². The molecule has 2 rings (SSSR count). The molecule has 0 saturated heterocycles. The molecule has 1 N–H and O–H groups in total. The minimum absolute atomic E-state index is 0.0259. The first-order valence-corrected chi connectivity index (χ1v) is 7.84. The number of carbonyl (C=O) groups excluding carboxylic acids is 1. The summed E-state index contributed by atoms with van der Waals surface area (Å²) in [5, 5.41) is 2.88. The molecule has 0 heterocycles. The van der Waals surface area contributed by atoms with Crippen LogP contribution in [0.4, 0.5) is 4.39 Å². The van der Waals surface area contributed by atoms with Gasteiger partial charge < -0.3 is 14.8 Å². The van der Waals surface area contributed by atoms with Gasteiger partial charge in [-0.25, -0.2) is 4.39 Å². The zero-order valence-corrected chi connectivity index (χ0v) is 14.0. The van der Waals surface area contributed by atoms with Crippen LogP contribution in [0.15, 0.2) is 42.5 Å². The topological polar surface area (TPSA) is 47.6 Å². The van der Waals surface area contributed by atoms with Crippen molar-refractivity contribution >= 4 is 5.91 Å². The Kier molecular flexibility index (Phi) is 6.61. The summed E-state index contributed by atoms with van der Waals surface area (Å²) in [7, 11) is 3.21. The summed E-state index contributed by atoms with van der Waals surface area (Å²) in [5.41, 5.74) is 1.93. The molecule has 0 aliphatic carbocycles. The molecule has 0 unspecified atom stereocenters. The SMILES string of the molecule is COc1ccc(OC)c(CCC(=O)NCCc2ccc(F)cc2)c1. The third-order valence-corrected chi connectivity index (χ3v) is 3.76. The molecule has 0 aliphatic rings. The van der Waals surface area contributed by atoms with E-state index in [1.54, 1.807) is 26.4 Å². The Bertz CT molecular complexity index is 671. The quantitative estimate of drug-likeness (QED) is 0.808. The Balaban J connectivity index is 1.79. The van der Waals surface area contributed by atoms with Gasteiger partial charge in [0.05, 0.1) is 14.2 Å². The fourth-order valence-corrected chi connectivity index (χ4v) is 2.41. The van der Waals surface area contributed by atoms with Crippen molar-refractivity contribution < 1.29 is 18.7 Å². The van der Waals surface area contributed by atoms with Crippen LogP contribution in [-0.4, -0.2) is 26.7 Å². The molecule has 0 atom stereocenters. The minimum Gasteiger partial charge on any atom is -0.497 e. The predicted octanol–water partition coefficient (Wildman–Crippen LogP) is 3.13. The monoisotopic (exact) mass is 331 g/mol. The summed E-state index contributed by atoms with van der Waals surface area (Å²) in [6.45, 7) is 0.527.